The van der Waals surface area contributed by atoms with Crippen LogP contribution in [0.1, 0.15) is 18.9 Å². The fourth-order valence-corrected chi connectivity index (χ4v) is 3.61. The van der Waals surface area contributed by atoms with Gasteiger partial charge < -0.3 is 9.64 Å². The first-order valence-corrected chi connectivity index (χ1v) is 7.85. The van der Waals surface area contributed by atoms with Crippen LogP contribution in [0.15, 0.2) is 52.0 Å². The van der Waals surface area contributed by atoms with Crippen molar-refractivity contribution in [3.63, 3.8) is 0 Å². The van der Waals surface area contributed by atoms with Crippen molar-refractivity contribution in [2.45, 2.75) is 13.3 Å². The lowest BCUT2D eigenvalue weighted by molar-refractivity contribution is -0.135. The molecule has 1 aliphatic rings. The first-order chi connectivity index (χ1) is 10.1. The van der Waals surface area contributed by atoms with E-state index in [-0.39, 0.29) is 5.97 Å². The van der Waals surface area contributed by atoms with E-state index in [1.165, 1.54) is 18.9 Å². The zero-order valence-electron chi connectivity index (χ0n) is 12.3. The van der Waals surface area contributed by atoms with Crippen LogP contribution in [-0.2, 0) is 9.53 Å². The molecule has 1 aromatic carbocycles. The number of nitrogens with zero attached hydrogens (tertiary/aromatic N) is 1. The van der Waals surface area contributed by atoms with Gasteiger partial charge in [-0.25, -0.2) is 4.79 Å². The second kappa shape index (κ2) is 6.91. The average molecular weight is 319 g/mol. The van der Waals surface area contributed by atoms with E-state index < -0.39 is 0 Å². The summed E-state index contributed by atoms with van der Waals surface area (Å²) in [5, 5.41) is 0.945. The van der Waals surface area contributed by atoms with Gasteiger partial charge in [0.1, 0.15) is 4.91 Å². The van der Waals surface area contributed by atoms with Crippen molar-refractivity contribution in [2.75, 3.05) is 14.2 Å². The molecule has 5 heteroatoms. The van der Waals surface area contributed by atoms with Crippen molar-refractivity contribution < 1.29 is 9.53 Å². The van der Waals surface area contributed by atoms with Gasteiger partial charge in [0.2, 0.25) is 0 Å². The van der Waals surface area contributed by atoms with Gasteiger partial charge in [0, 0.05) is 17.6 Å². The zero-order chi connectivity index (χ0) is 15.4. The molecule has 110 valence electrons. The summed E-state index contributed by atoms with van der Waals surface area (Å²) in [5.74, 6) is -0.294. The summed E-state index contributed by atoms with van der Waals surface area (Å²) >= 11 is 6.88. The molecule has 0 atom stereocenters. The van der Waals surface area contributed by atoms with Crippen molar-refractivity contribution in [1.82, 2.24) is 4.90 Å². The third-order valence-corrected chi connectivity index (χ3v) is 4.78. The molecule has 0 saturated heterocycles. The molecule has 0 saturated carbocycles. The van der Waals surface area contributed by atoms with E-state index in [0.717, 1.165) is 27.6 Å². The smallest absolute Gasteiger partial charge is 0.346 e. The van der Waals surface area contributed by atoms with E-state index in [1.54, 1.807) is 0 Å². The minimum atomic E-state index is -0.294. The monoisotopic (exact) mass is 319 g/mol. The van der Waals surface area contributed by atoms with Crippen LogP contribution in [0.3, 0.4) is 0 Å². The highest BCUT2D eigenvalue weighted by molar-refractivity contribution is 8.07. The van der Waals surface area contributed by atoms with E-state index in [4.69, 9.17) is 17.0 Å². The van der Waals surface area contributed by atoms with Crippen LogP contribution in [0.2, 0.25) is 0 Å². The number of thioether (sulfide) groups is 1. The maximum Gasteiger partial charge on any atom is 0.346 e. The molecule has 0 bridgehead atoms. The molecular weight excluding hydrogens is 302 g/mol. The molecule has 2 rings (SSSR count). The van der Waals surface area contributed by atoms with Crippen molar-refractivity contribution in [3.05, 3.63) is 57.6 Å². The van der Waals surface area contributed by atoms with Gasteiger partial charge in [-0.3, -0.25) is 0 Å². The number of benzene rings is 1. The number of ether oxygens (including phenoxy) is 1. The van der Waals surface area contributed by atoms with Crippen LogP contribution in [0.4, 0.5) is 0 Å². The van der Waals surface area contributed by atoms with Crippen LogP contribution in [0, 0.1) is 0 Å². The summed E-state index contributed by atoms with van der Waals surface area (Å²) < 4.78 is 4.85. The lowest BCUT2D eigenvalue weighted by Crippen LogP contribution is -2.13. The number of methoxy groups -OCH3 is 1. The fraction of sp³-hybridized carbons (Fsp3) is 0.250. The van der Waals surface area contributed by atoms with E-state index in [0.29, 0.717) is 4.91 Å². The lowest BCUT2D eigenvalue weighted by atomic mass is 10.1. The minimum Gasteiger partial charge on any atom is -0.465 e. The van der Waals surface area contributed by atoms with E-state index in [9.17, 15) is 4.79 Å². The molecule has 21 heavy (non-hydrogen) atoms. The fourth-order valence-electron chi connectivity index (χ4n) is 2.09. The summed E-state index contributed by atoms with van der Waals surface area (Å²) in [5.41, 5.74) is 1.97. The number of esters is 1. The summed E-state index contributed by atoms with van der Waals surface area (Å²) in [6.45, 7) is 2.02. The molecule has 3 nitrogen and oxygen atoms in total. The molecule has 0 N–H and O–H groups in total. The van der Waals surface area contributed by atoms with Gasteiger partial charge in [0.25, 0.3) is 0 Å². The Morgan fingerprint density at radius 1 is 1.38 bits per heavy atom. The van der Waals surface area contributed by atoms with Crippen LogP contribution in [0.25, 0.3) is 0 Å². The summed E-state index contributed by atoms with van der Waals surface area (Å²) in [4.78, 5) is 15.2. The molecule has 0 fully saturated rings. The number of carbonyl (C=O) groups is 1. The van der Waals surface area contributed by atoms with Crippen LogP contribution < -0.4 is 0 Å². The molecule has 0 aromatic heterocycles. The number of thiocarbonyl (C=S) groups is 1. The Kier molecular flexibility index (Phi) is 5.20. The SMILES string of the molecule is CCC1=C(C(=O)OC)S/C(=C/C(=S)c2ccccc2)N1C. The van der Waals surface area contributed by atoms with E-state index in [1.807, 2.05) is 55.3 Å². The minimum absolute atomic E-state index is 0.294. The Labute approximate surface area is 134 Å². The van der Waals surface area contributed by atoms with Gasteiger partial charge in [-0.1, -0.05) is 61.2 Å². The van der Waals surface area contributed by atoms with Gasteiger partial charge in [-0.15, -0.1) is 0 Å². The Bertz CT molecular complexity index is 620. The normalized spacial score (nSPS) is 16.5. The molecule has 0 aliphatic carbocycles. The molecule has 0 amide bonds. The Morgan fingerprint density at radius 3 is 2.62 bits per heavy atom. The van der Waals surface area contributed by atoms with Crippen molar-refractivity contribution in [2.24, 2.45) is 0 Å². The number of hydrogen-bond acceptors (Lipinski definition) is 5. The standard InChI is InChI=1S/C16H17NO2S2/c1-4-12-15(16(18)19-3)21-14(17(12)2)10-13(20)11-8-6-5-7-9-11/h5-10H,4H2,1-3H3/b14-10+. The highest BCUT2D eigenvalue weighted by Gasteiger charge is 2.29. The summed E-state index contributed by atoms with van der Waals surface area (Å²) in [6, 6.07) is 9.84. The highest BCUT2D eigenvalue weighted by atomic mass is 32.2. The molecule has 1 aromatic rings. The van der Waals surface area contributed by atoms with Gasteiger partial charge >= 0.3 is 5.97 Å². The molecular formula is C16H17NO2S2. The van der Waals surface area contributed by atoms with Gasteiger partial charge in [0.05, 0.1) is 12.1 Å². The van der Waals surface area contributed by atoms with Gasteiger partial charge in [-0.05, 0) is 18.1 Å². The second-order valence-corrected chi connectivity index (χ2v) is 5.97. The third-order valence-electron chi connectivity index (χ3n) is 3.22. The zero-order valence-corrected chi connectivity index (χ0v) is 13.9. The summed E-state index contributed by atoms with van der Waals surface area (Å²) in [6.07, 6.45) is 2.70. The summed E-state index contributed by atoms with van der Waals surface area (Å²) in [7, 11) is 3.35. The average Bonchev–Trinajstić information content (AvgIpc) is 2.83. The second-order valence-electron chi connectivity index (χ2n) is 4.49. The Balaban J connectivity index is 2.26. The van der Waals surface area contributed by atoms with E-state index >= 15 is 0 Å². The number of allylic oxidation sites excluding steroid dienone is 2. The first kappa shape index (κ1) is 15.8. The van der Waals surface area contributed by atoms with Crippen LogP contribution in [-0.4, -0.2) is 29.9 Å². The quantitative estimate of drug-likeness (QED) is 0.365. The van der Waals surface area contributed by atoms with Gasteiger partial charge in [-0.2, -0.15) is 0 Å². The number of hydrogen-bond donors (Lipinski definition) is 0. The Morgan fingerprint density at radius 2 is 2.05 bits per heavy atom. The third kappa shape index (κ3) is 3.36. The predicted molar refractivity (Wildman–Crippen MR) is 90.9 cm³/mol. The van der Waals surface area contributed by atoms with Crippen molar-refractivity contribution >= 4 is 34.8 Å². The maximum atomic E-state index is 11.8. The molecule has 1 heterocycles. The highest BCUT2D eigenvalue weighted by Crippen LogP contribution is 2.41. The molecule has 0 spiro atoms. The lowest BCUT2D eigenvalue weighted by Gasteiger charge is -2.16. The molecule has 1 aliphatic heterocycles. The largest absolute Gasteiger partial charge is 0.465 e. The van der Waals surface area contributed by atoms with Crippen molar-refractivity contribution in [3.8, 4) is 0 Å². The van der Waals surface area contributed by atoms with Crippen molar-refractivity contribution in [1.29, 1.82) is 0 Å². The predicted octanol–water partition coefficient (Wildman–Crippen LogP) is 3.72. The Hall–Kier alpha value is -1.59. The van der Waals surface area contributed by atoms with E-state index in [2.05, 4.69) is 0 Å². The van der Waals surface area contributed by atoms with Crippen LogP contribution in [0.5, 0.6) is 0 Å². The first-order valence-electron chi connectivity index (χ1n) is 6.62. The number of carbonyl (C=O) groups excluding carboxylic acids is 1. The number of rotatable bonds is 4. The van der Waals surface area contributed by atoms with Gasteiger partial charge in [0.15, 0.2) is 0 Å². The topological polar surface area (TPSA) is 29.5 Å². The van der Waals surface area contributed by atoms with Crippen LogP contribution >= 0.6 is 24.0 Å². The molecule has 0 unspecified atom stereocenters. The maximum absolute atomic E-state index is 11.8. The molecule has 0 radical (unpaired) electrons.